The van der Waals surface area contributed by atoms with Crippen molar-refractivity contribution in [3.8, 4) is 0 Å². The number of benzene rings is 1. The molecule has 0 saturated heterocycles. The molecule has 1 unspecified atom stereocenters. The number of hydrogen-bond acceptors (Lipinski definition) is 6. The van der Waals surface area contributed by atoms with E-state index in [0.29, 0.717) is 23.7 Å². The molecular weight excluding hydrogens is 410 g/mol. The number of aromatic nitrogens is 1. The van der Waals surface area contributed by atoms with Gasteiger partial charge < -0.3 is 14.9 Å². The van der Waals surface area contributed by atoms with Gasteiger partial charge in [-0.2, -0.15) is 0 Å². The fourth-order valence-electron chi connectivity index (χ4n) is 3.78. The largest absolute Gasteiger partial charge is 0.503 e. The Morgan fingerprint density at radius 3 is 2.48 bits per heavy atom. The van der Waals surface area contributed by atoms with Crippen molar-refractivity contribution in [2.75, 3.05) is 26.2 Å². The molecule has 2 aromatic rings. The van der Waals surface area contributed by atoms with Crippen LogP contribution in [-0.2, 0) is 4.79 Å². The first-order chi connectivity index (χ1) is 14.9. The van der Waals surface area contributed by atoms with Crippen LogP contribution in [0, 0.1) is 13.8 Å². The lowest BCUT2D eigenvalue weighted by Gasteiger charge is -2.27. The number of carbonyl (C=O) groups is 2. The summed E-state index contributed by atoms with van der Waals surface area (Å²) < 4.78 is 0. The monoisotopic (exact) mass is 439 g/mol. The Labute approximate surface area is 187 Å². The van der Waals surface area contributed by atoms with Crippen LogP contribution in [0.2, 0.25) is 0 Å². The highest BCUT2D eigenvalue weighted by atomic mass is 32.1. The van der Waals surface area contributed by atoms with Gasteiger partial charge in [0.05, 0.1) is 27.2 Å². The topological polar surface area (TPSA) is 73.7 Å². The molecule has 1 amide bonds. The summed E-state index contributed by atoms with van der Waals surface area (Å²) in [7, 11) is 0. The van der Waals surface area contributed by atoms with Crippen LogP contribution in [0.4, 0.5) is 0 Å². The van der Waals surface area contributed by atoms with Gasteiger partial charge in [-0.25, -0.2) is 4.98 Å². The number of thiazole rings is 1. The smallest absolute Gasteiger partial charge is 0.290 e. The number of likely N-dealkylation sites (N-methyl/N-ethyl adjacent to an activating group) is 1. The Morgan fingerprint density at radius 2 is 1.90 bits per heavy atom. The van der Waals surface area contributed by atoms with Crippen LogP contribution in [0.25, 0.3) is 6.08 Å². The minimum absolute atomic E-state index is 0.128. The van der Waals surface area contributed by atoms with Crippen molar-refractivity contribution in [2.24, 2.45) is 0 Å². The van der Waals surface area contributed by atoms with Crippen molar-refractivity contribution in [1.82, 2.24) is 14.8 Å². The second-order valence-corrected chi connectivity index (χ2v) is 8.68. The van der Waals surface area contributed by atoms with Crippen molar-refractivity contribution in [2.45, 2.75) is 33.7 Å². The summed E-state index contributed by atoms with van der Waals surface area (Å²) in [4.78, 5) is 34.9. The Hall–Kier alpha value is -2.77. The van der Waals surface area contributed by atoms with Crippen LogP contribution in [0.5, 0.6) is 0 Å². The lowest BCUT2D eigenvalue weighted by atomic mass is 10.0. The summed E-state index contributed by atoms with van der Waals surface area (Å²) in [6.45, 7) is 10.6. The summed E-state index contributed by atoms with van der Waals surface area (Å²) in [6, 6.07) is 9.07. The van der Waals surface area contributed by atoms with Gasteiger partial charge in [-0.05, 0) is 32.5 Å². The van der Waals surface area contributed by atoms with Crippen LogP contribution in [-0.4, -0.2) is 63.8 Å². The van der Waals surface area contributed by atoms with Gasteiger partial charge in [0.25, 0.3) is 5.91 Å². The van der Waals surface area contributed by atoms with Crippen molar-refractivity contribution >= 4 is 29.1 Å². The molecule has 6 nitrogen and oxygen atoms in total. The number of amides is 1. The molecular formula is C24H29N3O3S. The molecule has 0 aliphatic carbocycles. The van der Waals surface area contributed by atoms with Gasteiger partial charge >= 0.3 is 0 Å². The van der Waals surface area contributed by atoms with Crippen molar-refractivity contribution in [1.29, 1.82) is 0 Å². The zero-order valence-corrected chi connectivity index (χ0v) is 19.3. The first-order valence-electron chi connectivity index (χ1n) is 10.6. The van der Waals surface area contributed by atoms with Gasteiger partial charge in [-0.15, -0.1) is 11.3 Å². The van der Waals surface area contributed by atoms with E-state index in [4.69, 9.17) is 0 Å². The normalized spacial score (nSPS) is 16.9. The Balaban J connectivity index is 1.97. The molecule has 31 heavy (non-hydrogen) atoms. The van der Waals surface area contributed by atoms with Gasteiger partial charge in [0.1, 0.15) is 0 Å². The molecule has 0 radical (unpaired) electrons. The van der Waals surface area contributed by atoms with E-state index >= 15 is 0 Å². The SMILES string of the molecule is CCN(CC)CCN1C(=O)C(O)=C(C(=O)c2sc(C)nc2C)C1C=Cc1ccccc1. The van der Waals surface area contributed by atoms with Gasteiger partial charge in [-0.3, -0.25) is 9.59 Å². The number of aliphatic hydroxyl groups is 1. The maximum absolute atomic E-state index is 13.4. The number of carbonyl (C=O) groups excluding carboxylic acids is 2. The highest BCUT2D eigenvalue weighted by molar-refractivity contribution is 7.14. The summed E-state index contributed by atoms with van der Waals surface area (Å²) in [5, 5.41) is 11.5. The molecule has 1 atom stereocenters. The minimum Gasteiger partial charge on any atom is -0.503 e. The predicted octanol–water partition coefficient (Wildman–Crippen LogP) is 4.02. The third kappa shape index (κ3) is 4.94. The average Bonchev–Trinajstić information content (AvgIpc) is 3.23. The Morgan fingerprint density at radius 1 is 1.23 bits per heavy atom. The average molecular weight is 440 g/mol. The van der Waals surface area contributed by atoms with Gasteiger partial charge in [-0.1, -0.05) is 56.3 Å². The van der Waals surface area contributed by atoms with Crippen molar-refractivity contribution < 1.29 is 14.7 Å². The van der Waals surface area contributed by atoms with Crippen LogP contribution >= 0.6 is 11.3 Å². The lowest BCUT2D eigenvalue weighted by molar-refractivity contribution is -0.128. The first kappa shape index (κ1) is 22.9. The number of aliphatic hydroxyl groups excluding tert-OH is 1. The van der Waals surface area contributed by atoms with Crippen LogP contribution in [0.3, 0.4) is 0 Å². The number of rotatable bonds is 9. The molecule has 0 spiro atoms. The molecule has 7 heteroatoms. The maximum atomic E-state index is 13.4. The number of Topliss-reactive ketones (excluding diaryl/α,β-unsaturated/α-hetero) is 1. The standard InChI is InChI=1S/C24H29N3O3S/c1-5-26(6-2)14-15-27-19(13-12-18-10-8-7-9-11-18)20(22(29)24(27)30)21(28)23-16(3)25-17(4)31-23/h7-13,19,29H,5-6,14-15H2,1-4H3. The van der Waals surface area contributed by atoms with E-state index in [1.54, 1.807) is 11.8 Å². The summed E-state index contributed by atoms with van der Waals surface area (Å²) in [5.41, 5.74) is 1.71. The molecule has 164 valence electrons. The molecule has 1 aliphatic rings. The van der Waals surface area contributed by atoms with Crippen LogP contribution < -0.4 is 0 Å². The molecule has 0 fully saturated rings. The van der Waals surface area contributed by atoms with Gasteiger partial charge in [0, 0.05) is 13.1 Å². The van der Waals surface area contributed by atoms with E-state index < -0.39 is 17.7 Å². The van der Waals surface area contributed by atoms with E-state index in [2.05, 4.69) is 23.7 Å². The fourth-order valence-corrected chi connectivity index (χ4v) is 4.65. The van der Waals surface area contributed by atoms with Gasteiger partial charge in [0.2, 0.25) is 5.78 Å². The highest BCUT2D eigenvalue weighted by Gasteiger charge is 2.42. The zero-order chi connectivity index (χ0) is 22.5. The number of nitrogens with zero attached hydrogens (tertiary/aromatic N) is 3. The van der Waals surface area contributed by atoms with E-state index in [-0.39, 0.29) is 11.4 Å². The summed E-state index contributed by atoms with van der Waals surface area (Å²) in [6.07, 6.45) is 3.72. The zero-order valence-electron chi connectivity index (χ0n) is 18.5. The van der Waals surface area contributed by atoms with Gasteiger partial charge in [0.15, 0.2) is 5.76 Å². The van der Waals surface area contributed by atoms with E-state index in [9.17, 15) is 14.7 Å². The molecule has 0 saturated carbocycles. The van der Waals surface area contributed by atoms with Crippen molar-refractivity contribution in [3.05, 3.63) is 68.9 Å². The quantitative estimate of drug-likeness (QED) is 0.598. The molecule has 2 heterocycles. The third-order valence-corrected chi connectivity index (χ3v) is 6.60. The second kappa shape index (κ2) is 10.0. The van der Waals surface area contributed by atoms with E-state index in [0.717, 1.165) is 23.7 Å². The second-order valence-electron chi connectivity index (χ2n) is 7.48. The fraction of sp³-hybridized carbons (Fsp3) is 0.375. The molecule has 3 rings (SSSR count). The number of aryl methyl sites for hydroxylation is 2. The molecule has 1 N–H and O–H groups in total. The highest BCUT2D eigenvalue weighted by Crippen LogP contribution is 2.31. The maximum Gasteiger partial charge on any atom is 0.290 e. The molecule has 1 aliphatic heterocycles. The molecule has 1 aromatic heterocycles. The number of ketones is 1. The first-order valence-corrected chi connectivity index (χ1v) is 11.4. The van der Waals surface area contributed by atoms with Crippen LogP contribution in [0.1, 0.15) is 39.8 Å². The molecule has 1 aromatic carbocycles. The molecule has 0 bridgehead atoms. The van der Waals surface area contributed by atoms with E-state index in [1.807, 2.05) is 49.4 Å². The lowest BCUT2D eigenvalue weighted by Crippen LogP contribution is -2.41. The summed E-state index contributed by atoms with van der Waals surface area (Å²) in [5.74, 6) is -1.29. The number of hydrogen-bond donors (Lipinski definition) is 1. The Kier molecular flexibility index (Phi) is 7.41. The van der Waals surface area contributed by atoms with Crippen molar-refractivity contribution in [3.63, 3.8) is 0 Å². The van der Waals surface area contributed by atoms with E-state index in [1.165, 1.54) is 11.3 Å². The summed E-state index contributed by atoms with van der Waals surface area (Å²) >= 11 is 1.29. The predicted molar refractivity (Wildman–Crippen MR) is 124 cm³/mol. The van der Waals surface area contributed by atoms with Crippen LogP contribution in [0.15, 0.2) is 47.7 Å². The third-order valence-electron chi connectivity index (χ3n) is 5.53. The Bertz CT molecular complexity index is 1010. The minimum atomic E-state index is -0.627.